The van der Waals surface area contributed by atoms with Gasteiger partial charge < -0.3 is 4.74 Å². The number of para-hydroxylation sites is 1. The first-order valence-corrected chi connectivity index (χ1v) is 5.44. The molecule has 0 aliphatic rings. The average molecular weight is 238 g/mol. The summed E-state index contributed by atoms with van der Waals surface area (Å²) in [5, 5.41) is 0. The summed E-state index contributed by atoms with van der Waals surface area (Å²) in [5.41, 5.74) is 0.414. The van der Waals surface area contributed by atoms with Gasteiger partial charge in [0.05, 0.1) is 13.7 Å². The average Bonchev–Trinajstić information content (AvgIpc) is 2.61. The third kappa shape index (κ3) is 1.92. The zero-order valence-corrected chi connectivity index (χ0v) is 9.41. The van der Waals surface area contributed by atoms with Crippen LogP contribution in [0.3, 0.4) is 0 Å². The Labute approximate surface area is 95.1 Å². The van der Waals surface area contributed by atoms with Crippen molar-refractivity contribution in [2.45, 2.75) is 6.54 Å². The quantitative estimate of drug-likeness (QED) is 0.854. The Morgan fingerprint density at radius 3 is 2.75 bits per heavy atom. The number of hydrogen-bond acceptors (Lipinski definition) is 4. The highest BCUT2D eigenvalue weighted by atomic mass is 32.1. The van der Waals surface area contributed by atoms with Crippen molar-refractivity contribution in [1.82, 2.24) is 8.94 Å². The van der Waals surface area contributed by atoms with E-state index in [0.717, 1.165) is 21.7 Å². The van der Waals surface area contributed by atoms with Gasteiger partial charge in [-0.05, 0) is 6.07 Å². The summed E-state index contributed by atoms with van der Waals surface area (Å²) < 4.78 is 8.68. The second-order valence-corrected chi connectivity index (χ2v) is 3.93. The SMILES string of the molecule is COc1ccccc1Cn1c(=O)[nH]sc1=O. The Morgan fingerprint density at radius 2 is 2.12 bits per heavy atom. The number of aromatic amines is 1. The molecule has 2 aromatic rings. The Balaban J connectivity index is 2.41. The molecule has 5 nitrogen and oxygen atoms in total. The van der Waals surface area contributed by atoms with Gasteiger partial charge in [-0.15, -0.1) is 0 Å². The maximum Gasteiger partial charge on any atom is 0.338 e. The van der Waals surface area contributed by atoms with Crippen LogP contribution in [0.2, 0.25) is 0 Å². The fourth-order valence-electron chi connectivity index (χ4n) is 1.42. The van der Waals surface area contributed by atoms with Gasteiger partial charge in [-0.1, -0.05) is 18.2 Å². The molecule has 0 atom stereocenters. The van der Waals surface area contributed by atoms with Gasteiger partial charge in [-0.25, -0.2) is 9.36 Å². The highest BCUT2D eigenvalue weighted by Gasteiger charge is 2.07. The van der Waals surface area contributed by atoms with Crippen LogP contribution < -0.4 is 15.3 Å². The van der Waals surface area contributed by atoms with Crippen LogP contribution in [0.15, 0.2) is 33.9 Å². The summed E-state index contributed by atoms with van der Waals surface area (Å²) in [4.78, 5) is 22.4. The molecule has 0 aliphatic heterocycles. The zero-order valence-electron chi connectivity index (χ0n) is 8.60. The molecule has 0 saturated heterocycles. The molecular weight excluding hydrogens is 228 g/mol. The molecule has 2 rings (SSSR count). The molecule has 1 N–H and O–H groups in total. The molecule has 0 saturated carbocycles. The lowest BCUT2D eigenvalue weighted by Crippen LogP contribution is -2.26. The van der Waals surface area contributed by atoms with E-state index in [9.17, 15) is 9.59 Å². The van der Waals surface area contributed by atoms with Crippen LogP contribution in [0, 0.1) is 0 Å². The van der Waals surface area contributed by atoms with Crippen LogP contribution in [0.5, 0.6) is 5.75 Å². The van der Waals surface area contributed by atoms with E-state index in [1.807, 2.05) is 18.2 Å². The number of nitrogens with one attached hydrogen (secondary N) is 1. The van der Waals surface area contributed by atoms with Gasteiger partial charge in [-0.2, -0.15) is 0 Å². The minimum atomic E-state index is -0.388. The Hall–Kier alpha value is -1.82. The lowest BCUT2D eigenvalue weighted by Gasteiger charge is -2.06. The summed E-state index contributed by atoms with van der Waals surface area (Å²) in [7, 11) is 1.56. The van der Waals surface area contributed by atoms with Crippen LogP contribution in [-0.2, 0) is 6.54 Å². The van der Waals surface area contributed by atoms with E-state index in [4.69, 9.17) is 4.74 Å². The molecule has 0 unspecified atom stereocenters. The van der Waals surface area contributed by atoms with Gasteiger partial charge in [-0.3, -0.25) is 9.17 Å². The molecular formula is C10H10N2O3S. The zero-order chi connectivity index (χ0) is 11.5. The van der Waals surface area contributed by atoms with Gasteiger partial charge in [0, 0.05) is 17.1 Å². The summed E-state index contributed by atoms with van der Waals surface area (Å²) in [6.45, 7) is 0.224. The Kier molecular flexibility index (Phi) is 2.91. The molecule has 0 amide bonds. The lowest BCUT2D eigenvalue weighted by atomic mass is 10.2. The van der Waals surface area contributed by atoms with Crippen LogP contribution in [0.25, 0.3) is 0 Å². The van der Waals surface area contributed by atoms with Crippen molar-refractivity contribution in [3.63, 3.8) is 0 Å². The number of methoxy groups -OCH3 is 1. The topological polar surface area (TPSA) is 64.1 Å². The molecule has 0 fully saturated rings. The molecule has 1 aromatic heterocycles. The van der Waals surface area contributed by atoms with E-state index in [2.05, 4.69) is 4.37 Å². The molecule has 16 heavy (non-hydrogen) atoms. The van der Waals surface area contributed by atoms with Crippen LogP contribution >= 0.6 is 11.5 Å². The number of hydrogen-bond donors (Lipinski definition) is 1. The smallest absolute Gasteiger partial charge is 0.338 e. The first-order chi connectivity index (χ1) is 7.72. The van der Waals surface area contributed by atoms with Crippen molar-refractivity contribution in [3.05, 3.63) is 50.0 Å². The summed E-state index contributed by atoms with van der Waals surface area (Å²) in [5.74, 6) is 0.667. The van der Waals surface area contributed by atoms with Gasteiger partial charge in [0.2, 0.25) is 0 Å². The van der Waals surface area contributed by atoms with Gasteiger partial charge in [0.25, 0.3) is 0 Å². The van der Waals surface area contributed by atoms with Crippen molar-refractivity contribution in [3.8, 4) is 5.75 Å². The maximum atomic E-state index is 11.4. The fourth-order valence-corrected chi connectivity index (χ4v) is 1.96. The number of rotatable bonds is 3. The number of benzene rings is 1. The van der Waals surface area contributed by atoms with E-state index < -0.39 is 0 Å². The van der Waals surface area contributed by atoms with Crippen LogP contribution in [0.4, 0.5) is 0 Å². The molecule has 0 radical (unpaired) electrons. The number of aromatic nitrogens is 2. The van der Waals surface area contributed by atoms with Gasteiger partial charge >= 0.3 is 10.6 Å². The monoisotopic (exact) mass is 238 g/mol. The molecule has 84 valence electrons. The number of ether oxygens (including phenoxy) is 1. The normalized spacial score (nSPS) is 10.3. The van der Waals surface area contributed by atoms with Gasteiger partial charge in [0.1, 0.15) is 5.75 Å². The predicted molar refractivity (Wildman–Crippen MR) is 61.3 cm³/mol. The summed E-state index contributed by atoms with van der Waals surface area (Å²) >= 11 is 0.793. The number of nitrogens with zero attached hydrogens (tertiary/aromatic N) is 1. The molecule has 1 heterocycles. The summed E-state index contributed by atoms with van der Waals surface area (Å²) in [6.07, 6.45) is 0. The maximum absolute atomic E-state index is 11.4. The molecule has 1 aromatic carbocycles. The Morgan fingerprint density at radius 1 is 1.38 bits per heavy atom. The van der Waals surface area contributed by atoms with Crippen molar-refractivity contribution >= 4 is 11.5 Å². The van der Waals surface area contributed by atoms with Crippen molar-refractivity contribution in [1.29, 1.82) is 0 Å². The third-order valence-corrected chi connectivity index (χ3v) is 2.88. The lowest BCUT2D eigenvalue weighted by molar-refractivity contribution is 0.408. The largest absolute Gasteiger partial charge is 0.496 e. The molecule has 6 heteroatoms. The molecule has 0 spiro atoms. The van der Waals surface area contributed by atoms with Crippen molar-refractivity contribution in [2.24, 2.45) is 0 Å². The second kappa shape index (κ2) is 4.36. The third-order valence-electron chi connectivity index (χ3n) is 2.21. The first-order valence-electron chi connectivity index (χ1n) is 4.62. The van der Waals surface area contributed by atoms with Crippen molar-refractivity contribution < 1.29 is 4.74 Å². The second-order valence-electron chi connectivity index (χ2n) is 3.17. The van der Waals surface area contributed by atoms with Crippen LogP contribution in [-0.4, -0.2) is 16.1 Å². The van der Waals surface area contributed by atoms with Gasteiger partial charge in [0.15, 0.2) is 0 Å². The minimum Gasteiger partial charge on any atom is -0.496 e. The Bertz CT molecular complexity index is 569. The van der Waals surface area contributed by atoms with E-state index >= 15 is 0 Å². The predicted octanol–water partition coefficient (Wildman–Crippen LogP) is 0.655. The molecule has 0 aliphatic carbocycles. The standard InChI is InChI=1S/C10H10N2O3S/c1-15-8-5-3-2-4-7(8)6-12-9(13)11-16-10(12)14/h2-5H,6H2,1H3,(H,11,13). The van der Waals surface area contributed by atoms with E-state index in [-0.39, 0.29) is 17.1 Å². The van der Waals surface area contributed by atoms with Crippen molar-refractivity contribution in [2.75, 3.05) is 7.11 Å². The summed E-state index contributed by atoms with van der Waals surface area (Å²) in [6, 6.07) is 7.29. The van der Waals surface area contributed by atoms with E-state index in [1.165, 1.54) is 0 Å². The first kappa shape index (κ1) is 10.7. The fraction of sp³-hybridized carbons (Fsp3) is 0.200. The molecule has 0 bridgehead atoms. The van der Waals surface area contributed by atoms with E-state index in [1.54, 1.807) is 13.2 Å². The van der Waals surface area contributed by atoms with E-state index in [0.29, 0.717) is 5.75 Å². The highest BCUT2D eigenvalue weighted by Crippen LogP contribution is 2.17. The highest BCUT2D eigenvalue weighted by molar-refractivity contribution is 7.02. The van der Waals surface area contributed by atoms with Crippen LogP contribution in [0.1, 0.15) is 5.56 Å². The number of H-pyrrole nitrogens is 1. The minimum absolute atomic E-state index is 0.224.